The minimum atomic E-state index is 1.18. The van der Waals surface area contributed by atoms with Crippen LogP contribution in [-0.4, -0.2) is 0 Å². The lowest BCUT2D eigenvalue weighted by atomic mass is 10.0. The van der Waals surface area contributed by atoms with Crippen molar-refractivity contribution in [1.29, 1.82) is 0 Å². The predicted octanol–water partition coefficient (Wildman–Crippen LogP) is 5.16. The summed E-state index contributed by atoms with van der Waals surface area (Å²) in [5.74, 6) is 0. The lowest BCUT2D eigenvalue weighted by molar-refractivity contribution is 0.851. The van der Waals surface area contributed by atoms with Crippen LogP contribution in [0.3, 0.4) is 0 Å². The van der Waals surface area contributed by atoms with Crippen LogP contribution >= 0.6 is 11.8 Å². The Labute approximate surface area is 113 Å². The van der Waals surface area contributed by atoms with Gasteiger partial charge in [-0.1, -0.05) is 60.3 Å². The maximum Gasteiger partial charge on any atom is 0.0157 e. The normalized spacial score (nSPS) is 14.6. The largest absolute Gasteiger partial charge is 0.0898 e. The Kier molecular flexibility index (Phi) is 3.51. The van der Waals surface area contributed by atoms with Crippen molar-refractivity contribution in [2.24, 2.45) is 0 Å². The third-order valence-corrected chi connectivity index (χ3v) is 4.35. The highest BCUT2D eigenvalue weighted by Gasteiger charge is 2.11. The Balaban J connectivity index is 1.94. The maximum atomic E-state index is 2.39. The molecule has 0 heterocycles. The summed E-state index contributed by atoms with van der Waals surface area (Å²) in [6.45, 7) is 0. The number of fused-ring (bicyclic) bond motifs is 1. The molecule has 0 aromatic heterocycles. The van der Waals surface area contributed by atoms with E-state index in [0.29, 0.717) is 0 Å². The first-order chi connectivity index (χ1) is 8.93. The average molecular weight is 252 g/mol. The molecule has 0 amide bonds. The molecule has 2 aromatic carbocycles. The van der Waals surface area contributed by atoms with Gasteiger partial charge in [0, 0.05) is 9.80 Å². The zero-order valence-corrected chi connectivity index (χ0v) is 11.1. The SMILES string of the molecule is C1=C(Sc2ccccc2)c2ccccc2CCC1. The van der Waals surface area contributed by atoms with Crippen molar-refractivity contribution in [1.82, 2.24) is 0 Å². The van der Waals surface area contributed by atoms with Gasteiger partial charge >= 0.3 is 0 Å². The Morgan fingerprint density at radius 2 is 1.61 bits per heavy atom. The summed E-state index contributed by atoms with van der Waals surface area (Å²) in [6, 6.07) is 19.4. The predicted molar refractivity (Wildman–Crippen MR) is 79.7 cm³/mol. The molecule has 1 aliphatic carbocycles. The van der Waals surface area contributed by atoms with Crippen LogP contribution in [0.5, 0.6) is 0 Å². The van der Waals surface area contributed by atoms with Gasteiger partial charge in [-0.05, 0) is 42.5 Å². The fourth-order valence-electron chi connectivity index (χ4n) is 2.33. The van der Waals surface area contributed by atoms with Crippen LogP contribution in [0.4, 0.5) is 0 Å². The molecule has 1 aliphatic rings. The number of benzene rings is 2. The molecule has 0 radical (unpaired) electrons. The van der Waals surface area contributed by atoms with Gasteiger partial charge in [-0.15, -0.1) is 0 Å². The second-order valence-electron chi connectivity index (χ2n) is 4.53. The van der Waals surface area contributed by atoms with Crippen molar-refractivity contribution in [3.63, 3.8) is 0 Å². The number of rotatable bonds is 2. The molecular weight excluding hydrogens is 236 g/mol. The monoisotopic (exact) mass is 252 g/mol. The third-order valence-electron chi connectivity index (χ3n) is 3.23. The van der Waals surface area contributed by atoms with Gasteiger partial charge in [-0.3, -0.25) is 0 Å². The van der Waals surface area contributed by atoms with Crippen molar-refractivity contribution in [2.45, 2.75) is 24.2 Å². The van der Waals surface area contributed by atoms with E-state index in [1.165, 1.54) is 40.2 Å². The van der Waals surface area contributed by atoms with Gasteiger partial charge in [0.2, 0.25) is 0 Å². The topological polar surface area (TPSA) is 0 Å². The van der Waals surface area contributed by atoms with Gasteiger partial charge < -0.3 is 0 Å². The van der Waals surface area contributed by atoms with Gasteiger partial charge in [0.15, 0.2) is 0 Å². The number of thioether (sulfide) groups is 1. The Bertz CT molecular complexity index is 555. The number of hydrogen-bond donors (Lipinski definition) is 0. The average Bonchev–Trinajstić information content (AvgIpc) is 2.63. The first-order valence-corrected chi connectivity index (χ1v) is 7.26. The van der Waals surface area contributed by atoms with Crippen molar-refractivity contribution in [3.05, 3.63) is 71.8 Å². The summed E-state index contributed by atoms with van der Waals surface area (Å²) >= 11 is 1.88. The highest BCUT2D eigenvalue weighted by atomic mass is 32.2. The van der Waals surface area contributed by atoms with Gasteiger partial charge in [-0.25, -0.2) is 0 Å². The van der Waals surface area contributed by atoms with Gasteiger partial charge in [0.1, 0.15) is 0 Å². The molecule has 0 spiro atoms. The zero-order chi connectivity index (χ0) is 12.2. The van der Waals surface area contributed by atoms with Gasteiger partial charge in [-0.2, -0.15) is 0 Å². The summed E-state index contributed by atoms with van der Waals surface area (Å²) in [5.41, 5.74) is 2.91. The fourth-order valence-corrected chi connectivity index (χ4v) is 3.38. The lowest BCUT2D eigenvalue weighted by Gasteiger charge is -2.10. The van der Waals surface area contributed by atoms with Crippen LogP contribution in [0.2, 0.25) is 0 Å². The van der Waals surface area contributed by atoms with Crippen LogP contribution in [0.25, 0.3) is 4.91 Å². The summed E-state index contributed by atoms with van der Waals surface area (Å²) in [5, 5.41) is 0. The Morgan fingerprint density at radius 1 is 0.833 bits per heavy atom. The molecule has 18 heavy (non-hydrogen) atoms. The van der Waals surface area contributed by atoms with E-state index in [4.69, 9.17) is 0 Å². The Morgan fingerprint density at radius 3 is 2.50 bits per heavy atom. The molecule has 0 unspecified atom stereocenters. The maximum absolute atomic E-state index is 2.39. The molecule has 0 atom stereocenters. The molecule has 90 valence electrons. The number of hydrogen-bond acceptors (Lipinski definition) is 1. The summed E-state index contributed by atoms with van der Waals surface area (Å²) < 4.78 is 0. The molecule has 1 heteroatoms. The van der Waals surface area contributed by atoms with E-state index in [2.05, 4.69) is 60.7 Å². The molecular formula is C17H16S. The van der Waals surface area contributed by atoms with Crippen LogP contribution < -0.4 is 0 Å². The van der Waals surface area contributed by atoms with E-state index in [-0.39, 0.29) is 0 Å². The zero-order valence-electron chi connectivity index (χ0n) is 10.3. The minimum Gasteiger partial charge on any atom is -0.0898 e. The summed E-state index contributed by atoms with van der Waals surface area (Å²) in [6.07, 6.45) is 6.04. The van der Waals surface area contributed by atoms with Crippen molar-refractivity contribution in [2.75, 3.05) is 0 Å². The van der Waals surface area contributed by atoms with Crippen LogP contribution in [0, 0.1) is 0 Å². The second kappa shape index (κ2) is 5.45. The first kappa shape index (κ1) is 11.6. The highest BCUT2D eigenvalue weighted by molar-refractivity contribution is 8.08. The summed E-state index contributed by atoms with van der Waals surface area (Å²) in [4.78, 5) is 2.73. The molecule has 3 rings (SSSR count). The van der Waals surface area contributed by atoms with Crippen molar-refractivity contribution < 1.29 is 0 Å². The molecule has 2 aromatic rings. The standard InChI is InChI=1S/C17H16S/c1-2-10-15(11-3-1)18-17-13-7-5-9-14-8-4-6-12-16(14)17/h1-4,6,8,10-13H,5,7,9H2. The molecule has 0 bridgehead atoms. The minimum absolute atomic E-state index is 1.18. The highest BCUT2D eigenvalue weighted by Crippen LogP contribution is 2.38. The van der Waals surface area contributed by atoms with Crippen LogP contribution in [-0.2, 0) is 6.42 Å². The van der Waals surface area contributed by atoms with E-state index >= 15 is 0 Å². The smallest absolute Gasteiger partial charge is 0.0157 e. The van der Waals surface area contributed by atoms with E-state index in [9.17, 15) is 0 Å². The molecule has 0 aliphatic heterocycles. The summed E-state index contributed by atoms with van der Waals surface area (Å²) in [7, 11) is 0. The van der Waals surface area contributed by atoms with E-state index in [1.807, 2.05) is 11.8 Å². The molecule has 0 saturated carbocycles. The van der Waals surface area contributed by atoms with Gasteiger partial charge in [0.05, 0.1) is 0 Å². The van der Waals surface area contributed by atoms with E-state index < -0.39 is 0 Å². The molecule has 0 saturated heterocycles. The van der Waals surface area contributed by atoms with Crippen LogP contribution in [0.15, 0.2) is 65.6 Å². The van der Waals surface area contributed by atoms with E-state index in [0.717, 1.165) is 0 Å². The molecule has 0 nitrogen and oxygen atoms in total. The van der Waals surface area contributed by atoms with Crippen molar-refractivity contribution >= 4 is 16.7 Å². The first-order valence-electron chi connectivity index (χ1n) is 6.45. The quantitative estimate of drug-likeness (QED) is 0.711. The van der Waals surface area contributed by atoms with Gasteiger partial charge in [0.25, 0.3) is 0 Å². The van der Waals surface area contributed by atoms with Crippen LogP contribution in [0.1, 0.15) is 24.0 Å². The molecule has 0 N–H and O–H groups in total. The van der Waals surface area contributed by atoms with E-state index in [1.54, 1.807) is 0 Å². The fraction of sp³-hybridized carbons (Fsp3) is 0.176. The van der Waals surface area contributed by atoms with Crippen molar-refractivity contribution in [3.8, 4) is 0 Å². The second-order valence-corrected chi connectivity index (χ2v) is 5.65. The molecule has 0 fully saturated rings. The number of allylic oxidation sites excluding steroid dienone is 1. The lowest BCUT2D eigenvalue weighted by Crippen LogP contribution is -1.88. The third kappa shape index (κ3) is 2.51. The Hall–Kier alpha value is -1.47. The number of aryl methyl sites for hydroxylation is 1.